The van der Waals surface area contributed by atoms with E-state index in [0.717, 1.165) is 13.0 Å². The molecule has 3 nitrogen and oxygen atoms in total. The van der Waals surface area contributed by atoms with E-state index in [0.29, 0.717) is 6.04 Å². The smallest absolute Gasteiger partial charge is 0.0543 e. The molecule has 0 aliphatic heterocycles. The molecule has 1 heterocycles. The molecular weight excluding hydrogens is 198 g/mol. The van der Waals surface area contributed by atoms with Crippen molar-refractivity contribution < 1.29 is 0 Å². The fourth-order valence-corrected chi connectivity index (χ4v) is 1.44. The van der Waals surface area contributed by atoms with E-state index in [9.17, 15) is 0 Å². The lowest BCUT2D eigenvalue weighted by atomic mass is 10.1. The first-order valence-corrected chi connectivity index (χ1v) is 5.82. The zero-order chi connectivity index (χ0) is 12.2. The van der Waals surface area contributed by atoms with E-state index in [1.165, 1.54) is 5.56 Å². The summed E-state index contributed by atoms with van der Waals surface area (Å²) in [6.07, 6.45) is 6.97. The van der Waals surface area contributed by atoms with Crippen LogP contribution in [0.5, 0.6) is 0 Å². The molecule has 0 aliphatic rings. The number of nitrogens with one attached hydrogen (secondary N) is 1. The van der Waals surface area contributed by atoms with Crippen LogP contribution in [0.1, 0.15) is 39.7 Å². The van der Waals surface area contributed by atoms with Gasteiger partial charge in [0.05, 0.1) is 11.7 Å². The largest absolute Gasteiger partial charge is 0.310 e. The lowest BCUT2D eigenvalue weighted by Gasteiger charge is -2.18. The van der Waals surface area contributed by atoms with E-state index in [-0.39, 0.29) is 5.54 Å². The molecule has 3 heteroatoms. The Labute approximate surface area is 98.5 Å². The van der Waals surface area contributed by atoms with Gasteiger partial charge in [-0.05, 0) is 34.1 Å². The van der Waals surface area contributed by atoms with Crippen molar-refractivity contribution in [2.45, 2.75) is 52.2 Å². The van der Waals surface area contributed by atoms with Crippen LogP contribution in [-0.4, -0.2) is 15.8 Å². The van der Waals surface area contributed by atoms with Gasteiger partial charge in [0.15, 0.2) is 0 Å². The molecule has 1 aromatic rings. The van der Waals surface area contributed by atoms with Crippen molar-refractivity contribution in [1.29, 1.82) is 0 Å². The molecule has 1 aromatic heterocycles. The van der Waals surface area contributed by atoms with Crippen LogP contribution in [0.3, 0.4) is 0 Å². The average Bonchev–Trinajstić information content (AvgIpc) is 2.63. The highest BCUT2D eigenvalue weighted by Crippen LogP contribution is 2.13. The van der Waals surface area contributed by atoms with Crippen LogP contribution in [0.4, 0.5) is 0 Å². The van der Waals surface area contributed by atoms with Crippen molar-refractivity contribution in [3.05, 3.63) is 30.6 Å². The van der Waals surface area contributed by atoms with Crippen LogP contribution in [0.15, 0.2) is 25.0 Å². The molecule has 1 unspecified atom stereocenters. The lowest BCUT2D eigenvalue weighted by Crippen LogP contribution is -2.25. The second-order valence-corrected chi connectivity index (χ2v) is 5.27. The maximum Gasteiger partial charge on any atom is 0.0543 e. The van der Waals surface area contributed by atoms with Gasteiger partial charge < -0.3 is 5.32 Å². The predicted octanol–water partition coefficient (Wildman–Crippen LogP) is 2.69. The summed E-state index contributed by atoms with van der Waals surface area (Å²) in [5, 5.41) is 7.81. The molecule has 0 saturated heterocycles. The average molecular weight is 221 g/mol. The zero-order valence-corrected chi connectivity index (χ0v) is 10.8. The minimum atomic E-state index is 0.0605. The highest BCUT2D eigenvalue weighted by atomic mass is 15.3. The fourth-order valence-electron chi connectivity index (χ4n) is 1.44. The summed E-state index contributed by atoms with van der Waals surface area (Å²) in [4.78, 5) is 0. The van der Waals surface area contributed by atoms with Gasteiger partial charge >= 0.3 is 0 Å². The van der Waals surface area contributed by atoms with E-state index < -0.39 is 0 Å². The van der Waals surface area contributed by atoms with E-state index >= 15 is 0 Å². The zero-order valence-electron chi connectivity index (χ0n) is 10.8. The highest BCUT2D eigenvalue weighted by Gasteiger charge is 2.13. The standard InChI is InChI=1S/C13H23N3/c1-6-7-11(2)14-8-12-9-15-16(10-12)13(3,4)5/h6,9-11,14H,1,7-8H2,2-5H3. The van der Waals surface area contributed by atoms with Gasteiger partial charge in [-0.2, -0.15) is 5.10 Å². The molecule has 0 bridgehead atoms. The van der Waals surface area contributed by atoms with Crippen molar-refractivity contribution in [1.82, 2.24) is 15.1 Å². The second kappa shape index (κ2) is 5.30. The van der Waals surface area contributed by atoms with Crippen molar-refractivity contribution in [3.8, 4) is 0 Å². The second-order valence-electron chi connectivity index (χ2n) is 5.27. The van der Waals surface area contributed by atoms with Crippen molar-refractivity contribution in [2.24, 2.45) is 0 Å². The SMILES string of the molecule is C=CCC(C)NCc1cnn(C(C)(C)C)c1. The van der Waals surface area contributed by atoms with Gasteiger partial charge in [0.25, 0.3) is 0 Å². The molecule has 0 fully saturated rings. The van der Waals surface area contributed by atoms with Gasteiger partial charge in [0.1, 0.15) is 0 Å². The number of nitrogens with zero attached hydrogens (tertiary/aromatic N) is 2. The minimum absolute atomic E-state index is 0.0605. The van der Waals surface area contributed by atoms with E-state index in [2.05, 4.69) is 50.9 Å². The van der Waals surface area contributed by atoms with Crippen molar-refractivity contribution in [3.63, 3.8) is 0 Å². The third kappa shape index (κ3) is 3.81. The Morgan fingerprint density at radius 2 is 2.25 bits per heavy atom. The molecule has 90 valence electrons. The normalized spacial score (nSPS) is 13.8. The Hall–Kier alpha value is -1.09. The van der Waals surface area contributed by atoms with Gasteiger partial charge in [-0.25, -0.2) is 0 Å². The van der Waals surface area contributed by atoms with E-state index in [1.807, 2.05) is 17.0 Å². The first kappa shape index (κ1) is 13.0. The monoisotopic (exact) mass is 221 g/mol. The number of rotatable bonds is 5. The fraction of sp³-hybridized carbons (Fsp3) is 0.615. The first-order valence-electron chi connectivity index (χ1n) is 5.82. The molecule has 0 saturated carbocycles. The predicted molar refractivity (Wildman–Crippen MR) is 68.3 cm³/mol. The Bertz CT molecular complexity index is 333. The molecule has 16 heavy (non-hydrogen) atoms. The molecule has 0 aromatic carbocycles. The topological polar surface area (TPSA) is 29.9 Å². The molecule has 0 radical (unpaired) electrons. The van der Waals surface area contributed by atoms with Crippen LogP contribution in [0, 0.1) is 0 Å². The van der Waals surface area contributed by atoms with E-state index in [4.69, 9.17) is 0 Å². The lowest BCUT2D eigenvalue weighted by molar-refractivity contribution is 0.355. The van der Waals surface area contributed by atoms with Crippen LogP contribution >= 0.6 is 0 Å². The summed E-state index contributed by atoms with van der Waals surface area (Å²) in [5.74, 6) is 0. The quantitative estimate of drug-likeness (QED) is 0.775. The van der Waals surface area contributed by atoms with E-state index in [1.54, 1.807) is 0 Å². The highest BCUT2D eigenvalue weighted by molar-refractivity contribution is 5.05. The molecule has 1 rings (SSSR count). The minimum Gasteiger partial charge on any atom is -0.310 e. The maximum atomic E-state index is 4.37. The van der Waals surface area contributed by atoms with Gasteiger partial charge in [-0.3, -0.25) is 4.68 Å². The Balaban J connectivity index is 2.50. The summed E-state index contributed by atoms with van der Waals surface area (Å²) in [6, 6.07) is 0.468. The summed E-state index contributed by atoms with van der Waals surface area (Å²) >= 11 is 0. The third-order valence-electron chi connectivity index (χ3n) is 2.50. The number of aromatic nitrogens is 2. The molecule has 0 amide bonds. The van der Waals surface area contributed by atoms with Crippen LogP contribution < -0.4 is 5.32 Å². The van der Waals surface area contributed by atoms with Crippen LogP contribution in [0.25, 0.3) is 0 Å². The summed E-state index contributed by atoms with van der Waals surface area (Å²) in [7, 11) is 0. The number of hydrogen-bond acceptors (Lipinski definition) is 2. The molecule has 1 N–H and O–H groups in total. The van der Waals surface area contributed by atoms with Crippen molar-refractivity contribution >= 4 is 0 Å². The molecular formula is C13H23N3. The Kier molecular flexibility index (Phi) is 4.30. The van der Waals surface area contributed by atoms with Gasteiger partial charge in [-0.1, -0.05) is 6.08 Å². The number of hydrogen-bond donors (Lipinski definition) is 1. The third-order valence-corrected chi connectivity index (χ3v) is 2.50. The van der Waals surface area contributed by atoms with Crippen LogP contribution in [0.2, 0.25) is 0 Å². The maximum absolute atomic E-state index is 4.37. The van der Waals surface area contributed by atoms with Gasteiger partial charge in [0.2, 0.25) is 0 Å². The van der Waals surface area contributed by atoms with Gasteiger partial charge in [0, 0.05) is 24.3 Å². The Morgan fingerprint density at radius 1 is 1.56 bits per heavy atom. The Morgan fingerprint density at radius 3 is 2.75 bits per heavy atom. The summed E-state index contributed by atoms with van der Waals surface area (Å²) < 4.78 is 2.00. The first-order chi connectivity index (χ1) is 7.43. The summed E-state index contributed by atoms with van der Waals surface area (Å²) in [5.41, 5.74) is 1.29. The summed E-state index contributed by atoms with van der Waals surface area (Å²) in [6.45, 7) is 13.2. The molecule has 0 aliphatic carbocycles. The van der Waals surface area contributed by atoms with Crippen LogP contribution in [-0.2, 0) is 12.1 Å². The molecule has 0 spiro atoms. The van der Waals surface area contributed by atoms with Crippen molar-refractivity contribution in [2.75, 3.05) is 0 Å². The molecule has 1 atom stereocenters. The van der Waals surface area contributed by atoms with Gasteiger partial charge in [-0.15, -0.1) is 6.58 Å².